The van der Waals surface area contributed by atoms with E-state index < -0.39 is 9.84 Å². The minimum absolute atomic E-state index is 0.00520. The molecule has 3 aliphatic heterocycles. The Bertz CT molecular complexity index is 645. The quantitative estimate of drug-likeness (QED) is 0.608. The highest BCUT2D eigenvalue weighted by molar-refractivity contribution is 7.91. The maximum absolute atomic E-state index is 12.6. The molecule has 0 spiro atoms. The largest absolute Gasteiger partial charge is 0.342 e. The van der Waals surface area contributed by atoms with Gasteiger partial charge in [0.2, 0.25) is 11.8 Å². The van der Waals surface area contributed by atoms with Crippen molar-refractivity contribution in [2.45, 2.75) is 31.3 Å². The number of carbonyl (C=O) groups is 2. The minimum Gasteiger partial charge on any atom is -0.342 e. The lowest BCUT2D eigenvalue weighted by Crippen LogP contribution is -2.63. The number of hydrogen-bond donors (Lipinski definition) is 0. The first-order valence-electron chi connectivity index (χ1n) is 9.43. The number of piperazine rings is 1. The van der Waals surface area contributed by atoms with Crippen molar-refractivity contribution < 1.29 is 18.0 Å². The van der Waals surface area contributed by atoms with Crippen molar-refractivity contribution in [3.63, 3.8) is 0 Å². The molecule has 3 aliphatic rings. The molecule has 3 heterocycles. The molecule has 0 aliphatic carbocycles. The third-order valence-electron chi connectivity index (χ3n) is 5.61. The topological polar surface area (TPSA) is 81.2 Å². The molecular formula is C17H30N4O4S. The summed E-state index contributed by atoms with van der Waals surface area (Å²) in [5.41, 5.74) is 0. The first-order chi connectivity index (χ1) is 12.3. The smallest absolute Gasteiger partial charge is 0.237 e. The lowest BCUT2D eigenvalue weighted by molar-refractivity contribution is -0.140. The van der Waals surface area contributed by atoms with Crippen LogP contribution in [-0.4, -0.2) is 117 Å². The van der Waals surface area contributed by atoms with Gasteiger partial charge in [0.15, 0.2) is 9.84 Å². The molecule has 2 amide bonds. The third-order valence-corrected chi connectivity index (χ3v) is 7.31. The van der Waals surface area contributed by atoms with Crippen molar-refractivity contribution in [2.75, 3.05) is 64.9 Å². The van der Waals surface area contributed by atoms with Crippen LogP contribution < -0.4 is 0 Å². The zero-order valence-corrected chi connectivity index (χ0v) is 16.6. The van der Waals surface area contributed by atoms with Gasteiger partial charge in [0, 0.05) is 32.2 Å². The molecule has 9 heteroatoms. The van der Waals surface area contributed by atoms with Gasteiger partial charge < -0.3 is 14.7 Å². The minimum atomic E-state index is -3.19. The van der Waals surface area contributed by atoms with Crippen molar-refractivity contribution in [1.82, 2.24) is 19.6 Å². The second-order valence-corrected chi connectivity index (χ2v) is 10.1. The molecule has 0 aromatic rings. The highest BCUT2D eigenvalue weighted by Crippen LogP contribution is 2.27. The van der Waals surface area contributed by atoms with Crippen LogP contribution in [0.5, 0.6) is 0 Å². The molecule has 2 atom stereocenters. The van der Waals surface area contributed by atoms with Gasteiger partial charge in [-0.2, -0.15) is 0 Å². The Morgan fingerprint density at radius 2 is 1.58 bits per heavy atom. The van der Waals surface area contributed by atoms with E-state index in [0.717, 1.165) is 25.9 Å². The number of rotatable bonds is 4. The Morgan fingerprint density at radius 3 is 2.23 bits per heavy atom. The van der Waals surface area contributed by atoms with E-state index in [2.05, 4.69) is 0 Å². The maximum Gasteiger partial charge on any atom is 0.237 e. The number of fused-ring (bicyclic) bond motifs is 1. The van der Waals surface area contributed by atoms with Gasteiger partial charge >= 0.3 is 0 Å². The van der Waals surface area contributed by atoms with Gasteiger partial charge in [0.05, 0.1) is 30.6 Å². The summed E-state index contributed by atoms with van der Waals surface area (Å²) in [6.45, 7) is 3.16. The summed E-state index contributed by atoms with van der Waals surface area (Å²) in [5, 5.41) is 0. The molecule has 0 saturated carbocycles. The van der Waals surface area contributed by atoms with E-state index in [1.165, 1.54) is 6.42 Å². The van der Waals surface area contributed by atoms with Gasteiger partial charge in [0.1, 0.15) is 0 Å². The molecule has 0 N–H and O–H groups in total. The summed E-state index contributed by atoms with van der Waals surface area (Å²) in [7, 11) is 0.464. The first-order valence-corrected chi connectivity index (χ1v) is 11.3. The van der Waals surface area contributed by atoms with Crippen LogP contribution in [0, 0.1) is 0 Å². The van der Waals surface area contributed by atoms with E-state index in [9.17, 15) is 18.0 Å². The SMILES string of the molecule is CN(C)CC(=O)N1CCN(CC(=O)N2CCCCC2)[C@H]2CS(=O)(=O)C[C@H]21. The standard InChI is InChI=1S/C17H30N4O4S/c1-18(2)10-17(23)21-9-8-20(14-12-26(24,25)13-15(14)21)11-16(22)19-6-4-3-5-7-19/h14-15H,3-13H2,1-2H3/t14-,15+/m0/s1. The molecule has 0 bridgehead atoms. The normalized spacial score (nSPS) is 29.0. The Labute approximate surface area is 156 Å². The zero-order valence-electron chi connectivity index (χ0n) is 15.8. The van der Waals surface area contributed by atoms with E-state index >= 15 is 0 Å². The van der Waals surface area contributed by atoms with Crippen molar-refractivity contribution in [1.29, 1.82) is 0 Å². The fourth-order valence-corrected chi connectivity index (χ4v) is 6.32. The molecule has 3 rings (SSSR count). The molecule has 3 saturated heterocycles. The molecule has 3 fully saturated rings. The molecule has 0 unspecified atom stereocenters. The Kier molecular flexibility index (Phi) is 5.88. The van der Waals surface area contributed by atoms with Crippen LogP contribution in [0.15, 0.2) is 0 Å². The van der Waals surface area contributed by atoms with E-state index in [1.54, 1.807) is 9.80 Å². The predicted octanol–water partition coefficient (Wildman–Crippen LogP) is -1.13. The van der Waals surface area contributed by atoms with Gasteiger partial charge in [0.25, 0.3) is 0 Å². The second-order valence-electron chi connectivity index (χ2n) is 7.95. The van der Waals surface area contributed by atoms with Crippen LogP contribution in [0.4, 0.5) is 0 Å². The molecule has 26 heavy (non-hydrogen) atoms. The molecule has 0 aromatic carbocycles. The van der Waals surface area contributed by atoms with Gasteiger partial charge in [-0.05, 0) is 33.4 Å². The Hall–Kier alpha value is -1.19. The van der Waals surface area contributed by atoms with Crippen molar-refractivity contribution in [2.24, 2.45) is 0 Å². The lowest BCUT2D eigenvalue weighted by Gasteiger charge is -2.44. The molecule has 148 valence electrons. The zero-order chi connectivity index (χ0) is 18.9. The summed E-state index contributed by atoms with van der Waals surface area (Å²) < 4.78 is 24.5. The number of piperidine rings is 1. The van der Waals surface area contributed by atoms with Crippen LogP contribution in [0.3, 0.4) is 0 Å². The molecule has 8 nitrogen and oxygen atoms in total. The van der Waals surface area contributed by atoms with Gasteiger partial charge in [-0.15, -0.1) is 0 Å². The summed E-state index contributed by atoms with van der Waals surface area (Å²) in [6.07, 6.45) is 3.25. The highest BCUT2D eigenvalue weighted by atomic mass is 32.2. The Balaban J connectivity index is 1.70. The average Bonchev–Trinajstić information content (AvgIpc) is 2.90. The molecule has 0 radical (unpaired) electrons. The van der Waals surface area contributed by atoms with E-state index in [1.807, 2.05) is 23.9 Å². The fourth-order valence-electron chi connectivity index (χ4n) is 4.31. The van der Waals surface area contributed by atoms with Crippen LogP contribution in [-0.2, 0) is 19.4 Å². The number of likely N-dealkylation sites (tertiary alicyclic amines) is 1. The van der Waals surface area contributed by atoms with Crippen LogP contribution in [0.2, 0.25) is 0 Å². The number of likely N-dealkylation sites (N-methyl/N-ethyl adjacent to an activating group) is 1. The number of amides is 2. The van der Waals surface area contributed by atoms with Gasteiger partial charge in [-0.3, -0.25) is 14.5 Å². The number of carbonyl (C=O) groups excluding carboxylic acids is 2. The van der Waals surface area contributed by atoms with Crippen LogP contribution in [0.25, 0.3) is 0 Å². The Morgan fingerprint density at radius 1 is 0.923 bits per heavy atom. The highest BCUT2D eigenvalue weighted by Gasteiger charge is 2.48. The maximum atomic E-state index is 12.6. The summed E-state index contributed by atoms with van der Waals surface area (Å²) in [4.78, 5) is 32.6. The van der Waals surface area contributed by atoms with Crippen LogP contribution in [0.1, 0.15) is 19.3 Å². The second kappa shape index (κ2) is 7.82. The van der Waals surface area contributed by atoms with E-state index in [-0.39, 0.29) is 48.5 Å². The first kappa shape index (κ1) is 19.6. The fraction of sp³-hybridized carbons (Fsp3) is 0.882. The van der Waals surface area contributed by atoms with E-state index in [0.29, 0.717) is 13.1 Å². The third kappa shape index (κ3) is 4.37. The monoisotopic (exact) mass is 386 g/mol. The molecule has 0 aromatic heterocycles. The van der Waals surface area contributed by atoms with Gasteiger partial charge in [-0.25, -0.2) is 8.42 Å². The van der Waals surface area contributed by atoms with Crippen molar-refractivity contribution in [3.8, 4) is 0 Å². The van der Waals surface area contributed by atoms with Crippen molar-refractivity contribution >= 4 is 21.7 Å². The summed E-state index contributed by atoms with van der Waals surface area (Å²) in [6, 6.07) is -0.607. The lowest BCUT2D eigenvalue weighted by atomic mass is 10.0. The van der Waals surface area contributed by atoms with E-state index in [4.69, 9.17) is 0 Å². The molecular weight excluding hydrogens is 356 g/mol. The average molecular weight is 387 g/mol. The van der Waals surface area contributed by atoms with Gasteiger partial charge in [-0.1, -0.05) is 0 Å². The van der Waals surface area contributed by atoms with Crippen LogP contribution >= 0.6 is 0 Å². The summed E-state index contributed by atoms with van der Waals surface area (Å²) >= 11 is 0. The number of hydrogen-bond acceptors (Lipinski definition) is 6. The number of sulfone groups is 1. The summed E-state index contributed by atoms with van der Waals surface area (Å²) in [5.74, 6) is 0.0898. The predicted molar refractivity (Wildman–Crippen MR) is 98.5 cm³/mol. The number of nitrogens with zero attached hydrogens (tertiary/aromatic N) is 4. The van der Waals surface area contributed by atoms with Crippen molar-refractivity contribution in [3.05, 3.63) is 0 Å².